The van der Waals surface area contributed by atoms with E-state index in [0.717, 1.165) is 18.7 Å². The van der Waals surface area contributed by atoms with Gasteiger partial charge in [-0.2, -0.15) is 0 Å². The first-order valence-electron chi connectivity index (χ1n) is 5.73. The van der Waals surface area contributed by atoms with Gasteiger partial charge in [0.05, 0.1) is 7.11 Å². The van der Waals surface area contributed by atoms with Gasteiger partial charge in [0, 0.05) is 5.54 Å². The maximum Gasteiger partial charge on any atom is 0.122 e. The smallest absolute Gasteiger partial charge is 0.122 e. The normalized spacial score (nSPS) is 21.9. The van der Waals surface area contributed by atoms with Crippen molar-refractivity contribution in [3.63, 3.8) is 0 Å². The van der Waals surface area contributed by atoms with Gasteiger partial charge in [-0.25, -0.2) is 0 Å². The van der Waals surface area contributed by atoms with Gasteiger partial charge in [-0.1, -0.05) is 12.1 Å². The Balaban J connectivity index is 2.01. The second kappa shape index (κ2) is 3.24. The highest BCUT2D eigenvalue weighted by Gasteiger charge is 2.43. The number of methoxy groups -OCH3 is 1. The van der Waals surface area contributed by atoms with Crippen LogP contribution in [0.5, 0.6) is 5.75 Å². The molecular weight excluding hydrogens is 186 g/mol. The lowest BCUT2D eigenvalue weighted by Crippen LogP contribution is -2.32. The van der Waals surface area contributed by atoms with E-state index in [1.165, 1.54) is 30.4 Å². The predicted molar refractivity (Wildman–Crippen MR) is 60.4 cm³/mol. The molecule has 2 nitrogen and oxygen atoms in total. The van der Waals surface area contributed by atoms with Gasteiger partial charge < -0.3 is 10.1 Å². The van der Waals surface area contributed by atoms with Crippen molar-refractivity contribution < 1.29 is 4.74 Å². The van der Waals surface area contributed by atoms with Gasteiger partial charge in [-0.05, 0) is 49.4 Å². The second-order valence-electron chi connectivity index (χ2n) is 4.73. The number of nitrogens with one attached hydrogen (secondary N) is 1. The van der Waals surface area contributed by atoms with Crippen LogP contribution in [-0.4, -0.2) is 19.2 Å². The molecule has 0 amide bonds. The second-order valence-corrected chi connectivity index (χ2v) is 4.73. The van der Waals surface area contributed by atoms with Crippen molar-refractivity contribution in [2.75, 3.05) is 13.7 Å². The van der Waals surface area contributed by atoms with Crippen LogP contribution >= 0.6 is 0 Å². The SMILES string of the molecule is COc1cccc2c1CCNC1(CC1)C2. The molecule has 15 heavy (non-hydrogen) atoms. The third kappa shape index (κ3) is 1.53. The number of fused-ring (bicyclic) bond motifs is 1. The lowest BCUT2D eigenvalue weighted by molar-refractivity contribution is 0.409. The van der Waals surface area contributed by atoms with Gasteiger partial charge in [0.1, 0.15) is 5.75 Å². The van der Waals surface area contributed by atoms with Crippen LogP contribution in [0.1, 0.15) is 24.0 Å². The van der Waals surface area contributed by atoms with Crippen molar-refractivity contribution in [3.05, 3.63) is 29.3 Å². The van der Waals surface area contributed by atoms with Crippen LogP contribution in [0.15, 0.2) is 18.2 Å². The molecule has 80 valence electrons. The Morgan fingerprint density at radius 1 is 1.33 bits per heavy atom. The van der Waals surface area contributed by atoms with Gasteiger partial charge in [-0.15, -0.1) is 0 Å². The zero-order valence-corrected chi connectivity index (χ0v) is 9.18. The first-order chi connectivity index (χ1) is 7.33. The monoisotopic (exact) mass is 203 g/mol. The van der Waals surface area contributed by atoms with Gasteiger partial charge in [0.25, 0.3) is 0 Å². The van der Waals surface area contributed by atoms with E-state index in [0.29, 0.717) is 5.54 Å². The van der Waals surface area contributed by atoms with Crippen LogP contribution in [0, 0.1) is 0 Å². The molecule has 2 aliphatic rings. The summed E-state index contributed by atoms with van der Waals surface area (Å²) < 4.78 is 5.43. The fourth-order valence-electron chi connectivity index (χ4n) is 2.64. The van der Waals surface area contributed by atoms with Crippen molar-refractivity contribution in [2.45, 2.75) is 31.2 Å². The Morgan fingerprint density at radius 3 is 2.93 bits per heavy atom. The zero-order chi connectivity index (χ0) is 10.3. The first-order valence-corrected chi connectivity index (χ1v) is 5.73. The van der Waals surface area contributed by atoms with E-state index in [9.17, 15) is 0 Å². The summed E-state index contributed by atoms with van der Waals surface area (Å²) in [5.41, 5.74) is 3.34. The number of hydrogen-bond donors (Lipinski definition) is 1. The minimum Gasteiger partial charge on any atom is -0.496 e. The quantitative estimate of drug-likeness (QED) is 0.753. The molecule has 1 saturated carbocycles. The van der Waals surface area contributed by atoms with E-state index in [2.05, 4.69) is 23.5 Å². The minimum absolute atomic E-state index is 0.442. The molecule has 1 fully saturated rings. The van der Waals surface area contributed by atoms with Crippen LogP contribution < -0.4 is 10.1 Å². The van der Waals surface area contributed by atoms with Crippen LogP contribution in [0.2, 0.25) is 0 Å². The maximum atomic E-state index is 5.43. The average molecular weight is 203 g/mol. The molecule has 0 radical (unpaired) electrons. The summed E-state index contributed by atoms with van der Waals surface area (Å²) in [6, 6.07) is 6.44. The minimum atomic E-state index is 0.442. The third-order valence-corrected chi connectivity index (χ3v) is 3.71. The zero-order valence-electron chi connectivity index (χ0n) is 9.18. The fraction of sp³-hybridized carbons (Fsp3) is 0.538. The Bertz CT molecular complexity index is 382. The molecule has 0 saturated heterocycles. The van der Waals surface area contributed by atoms with Crippen molar-refractivity contribution in [2.24, 2.45) is 0 Å². The Morgan fingerprint density at radius 2 is 2.20 bits per heavy atom. The molecule has 1 aromatic rings. The van der Waals surface area contributed by atoms with E-state index < -0.39 is 0 Å². The molecule has 1 aromatic carbocycles. The maximum absolute atomic E-state index is 5.43. The molecule has 1 heterocycles. The standard InChI is InChI=1S/C13H17NO/c1-15-12-4-2-3-10-9-13(6-7-13)14-8-5-11(10)12/h2-4,14H,5-9H2,1H3. The van der Waals surface area contributed by atoms with Crippen LogP contribution in [0.4, 0.5) is 0 Å². The highest BCUT2D eigenvalue weighted by Crippen LogP contribution is 2.41. The molecular formula is C13H17NO. The van der Waals surface area contributed by atoms with Crippen LogP contribution in [0.25, 0.3) is 0 Å². The van der Waals surface area contributed by atoms with Crippen molar-refractivity contribution >= 4 is 0 Å². The lowest BCUT2D eigenvalue weighted by atomic mass is 9.98. The van der Waals surface area contributed by atoms with Gasteiger partial charge in [-0.3, -0.25) is 0 Å². The molecule has 2 heteroatoms. The number of hydrogen-bond acceptors (Lipinski definition) is 2. The first kappa shape index (κ1) is 9.22. The number of benzene rings is 1. The molecule has 1 aliphatic carbocycles. The fourth-order valence-corrected chi connectivity index (χ4v) is 2.64. The van der Waals surface area contributed by atoms with Crippen molar-refractivity contribution in [1.29, 1.82) is 0 Å². The molecule has 3 rings (SSSR count). The van der Waals surface area contributed by atoms with Gasteiger partial charge in [0.2, 0.25) is 0 Å². The van der Waals surface area contributed by atoms with Crippen LogP contribution in [-0.2, 0) is 12.8 Å². The average Bonchev–Trinajstić information content (AvgIpc) is 3.03. The lowest BCUT2D eigenvalue weighted by Gasteiger charge is -2.14. The van der Waals surface area contributed by atoms with Crippen molar-refractivity contribution in [1.82, 2.24) is 5.32 Å². The summed E-state index contributed by atoms with van der Waals surface area (Å²) >= 11 is 0. The predicted octanol–water partition coefficient (Wildman–Crippen LogP) is 1.92. The van der Waals surface area contributed by atoms with E-state index in [-0.39, 0.29) is 0 Å². The van der Waals surface area contributed by atoms with E-state index >= 15 is 0 Å². The highest BCUT2D eigenvalue weighted by atomic mass is 16.5. The highest BCUT2D eigenvalue weighted by molar-refractivity contribution is 5.43. The molecule has 0 bridgehead atoms. The number of ether oxygens (including phenoxy) is 1. The molecule has 1 aliphatic heterocycles. The van der Waals surface area contributed by atoms with E-state index in [1.54, 1.807) is 7.11 Å². The topological polar surface area (TPSA) is 21.3 Å². The summed E-state index contributed by atoms with van der Waals surface area (Å²) in [4.78, 5) is 0. The Kier molecular flexibility index (Phi) is 1.99. The van der Waals surface area contributed by atoms with Crippen LogP contribution in [0.3, 0.4) is 0 Å². The molecule has 0 atom stereocenters. The largest absolute Gasteiger partial charge is 0.496 e. The summed E-state index contributed by atoms with van der Waals surface area (Å²) in [6.45, 7) is 1.09. The summed E-state index contributed by atoms with van der Waals surface area (Å²) in [7, 11) is 1.76. The summed E-state index contributed by atoms with van der Waals surface area (Å²) in [5.74, 6) is 1.06. The number of rotatable bonds is 1. The molecule has 0 unspecified atom stereocenters. The summed E-state index contributed by atoms with van der Waals surface area (Å²) in [5, 5.41) is 3.67. The van der Waals surface area contributed by atoms with E-state index in [4.69, 9.17) is 4.74 Å². The molecule has 1 N–H and O–H groups in total. The Labute approximate surface area is 90.6 Å². The molecule has 1 spiro atoms. The van der Waals surface area contributed by atoms with Crippen molar-refractivity contribution in [3.8, 4) is 5.75 Å². The van der Waals surface area contributed by atoms with Gasteiger partial charge >= 0.3 is 0 Å². The molecule has 0 aromatic heterocycles. The van der Waals surface area contributed by atoms with E-state index in [1.807, 2.05) is 0 Å². The van der Waals surface area contributed by atoms with Gasteiger partial charge in [0.15, 0.2) is 0 Å². The Hall–Kier alpha value is -1.02. The third-order valence-electron chi connectivity index (χ3n) is 3.71. The summed E-state index contributed by atoms with van der Waals surface area (Å²) in [6.07, 6.45) is 4.95.